The molecule has 0 aromatic heterocycles. The Hall–Kier alpha value is -0.980. The molecule has 0 amide bonds. The summed E-state index contributed by atoms with van der Waals surface area (Å²) in [5, 5.41) is 0. The number of aryl methyl sites for hydroxylation is 1. The van der Waals surface area contributed by atoms with E-state index in [-0.39, 0.29) is 0 Å². The summed E-state index contributed by atoms with van der Waals surface area (Å²) >= 11 is 0. The van der Waals surface area contributed by atoms with E-state index >= 15 is 0 Å². The van der Waals surface area contributed by atoms with E-state index in [0.29, 0.717) is 0 Å². The SMILES string of the molecule is CCc1cc(N)c(C)c(C)c1CC. The fourth-order valence-electron chi connectivity index (χ4n) is 1.87. The molecule has 0 heterocycles. The number of rotatable bonds is 2. The Morgan fingerprint density at radius 2 is 1.69 bits per heavy atom. The Balaban J connectivity index is 3.39. The molecule has 0 aliphatic carbocycles. The average Bonchev–Trinajstić information content (AvgIpc) is 2.13. The third kappa shape index (κ3) is 1.69. The lowest BCUT2D eigenvalue weighted by atomic mass is 9.93. The molecule has 1 rings (SSSR count). The fraction of sp³-hybridized carbons (Fsp3) is 0.500. The Morgan fingerprint density at radius 3 is 2.15 bits per heavy atom. The monoisotopic (exact) mass is 177 g/mol. The van der Waals surface area contributed by atoms with Gasteiger partial charge in [0.15, 0.2) is 0 Å². The van der Waals surface area contributed by atoms with E-state index in [4.69, 9.17) is 5.73 Å². The van der Waals surface area contributed by atoms with Gasteiger partial charge in [0.2, 0.25) is 0 Å². The van der Waals surface area contributed by atoms with Gasteiger partial charge >= 0.3 is 0 Å². The van der Waals surface area contributed by atoms with Crippen LogP contribution in [0.3, 0.4) is 0 Å². The summed E-state index contributed by atoms with van der Waals surface area (Å²) in [5.74, 6) is 0. The van der Waals surface area contributed by atoms with Crippen molar-refractivity contribution >= 4 is 5.69 Å². The van der Waals surface area contributed by atoms with Crippen molar-refractivity contribution in [3.05, 3.63) is 28.3 Å². The zero-order chi connectivity index (χ0) is 10.0. The van der Waals surface area contributed by atoms with Gasteiger partial charge in [-0.15, -0.1) is 0 Å². The van der Waals surface area contributed by atoms with Crippen molar-refractivity contribution in [1.82, 2.24) is 0 Å². The van der Waals surface area contributed by atoms with E-state index in [1.165, 1.54) is 22.3 Å². The van der Waals surface area contributed by atoms with Crippen LogP contribution in [0.1, 0.15) is 36.1 Å². The van der Waals surface area contributed by atoms with Crippen LogP contribution in [0.25, 0.3) is 0 Å². The molecule has 0 aliphatic heterocycles. The summed E-state index contributed by atoms with van der Waals surface area (Å²) < 4.78 is 0. The summed E-state index contributed by atoms with van der Waals surface area (Å²) in [6.07, 6.45) is 2.19. The molecule has 1 aromatic rings. The van der Waals surface area contributed by atoms with Crippen molar-refractivity contribution in [3.8, 4) is 0 Å². The summed E-state index contributed by atoms with van der Waals surface area (Å²) in [7, 11) is 0. The minimum Gasteiger partial charge on any atom is -0.398 e. The van der Waals surface area contributed by atoms with Gasteiger partial charge in [-0.25, -0.2) is 0 Å². The topological polar surface area (TPSA) is 26.0 Å². The molecule has 1 nitrogen and oxygen atoms in total. The zero-order valence-electron chi connectivity index (χ0n) is 9.07. The first-order chi connectivity index (χ1) is 6.11. The lowest BCUT2D eigenvalue weighted by Gasteiger charge is -2.14. The van der Waals surface area contributed by atoms with Crippen LogP contribution in [0.2, 0.25) is 0 Å². The van der Waals surface area contributed by atoms with Gasteiger partial charge in [0.25, 0.3) is 0 Å². The number of benzene rings is 1. The third-order valence-electron chi connectivity index (χ3n) is 2.90. The van der Waals surface area contributed by atoms with Crippen LogP contribution < -0.4 is 5.73 Å². The highest BCUT2D eigenvalue weighted by Gasteiger charge is 2.07. The first kappa shape index (κ1) is 10.1. The second kappa shape index (κ2) is 3.82. The molecule has 0 spiro atoms. The predicted octanol–water partition coefficient (Wildman–Crippen LogP) is 3.01. The minimum atomic E-state index is 0.937. The van der Waals surface area contributed by atoms with Gasteiger partial charge in [-0.2, -0.15) is 0 Å². The van der Waals surface area contributed by atoms with Gasteiger partial charge in [-0.3, -0.25) is 0 Å². The second-order valence-electron chi connectivity index (χ2n) is 3.56. The van der Waals surface area contributed by atoms with Crippen LogP contribution in [0.4, 0.5) is 5.69 Å². The molecule has 1 heteroatoms. The molecule has 0 aliphatic rings. The molecule has 0 unspecified atom stereocenters. The van der Waals surface area contributed by atoms with E-state index in [1.807, 2.05) is 0 Å². The Morgan fingerprint density at radius 1 is 1.08 bits per heavy atom. The van der Waals surface area contributed by atoms with Crippen molar-refractivity contribution in [2.45, 2.75) is 40.5 Å². The number of anilines is 1. The Kier molecular flexibility index (Phi) is 2.97. The van der Waals surface area contributed by atoms with Crippen molar-refractivity contribution in [1.29, 1.82) is 0 Å². The first-order valence-electron chi connectivity index (χ1n) is 4.99. The summed E-state index contributed by atoms with van der Waals surface area (Å²) in [6.45, 7) is 8.66. The van der Waals surface area contributed by atoms with E-state index in [9.17, 15) is 0 Å². The van der Waals surface area contributed by atoms with E-state index < -0.39 is 0 Å². The van der Waals surface area contributed by atoms with Crippen molar-refractivity contribution in [3.63, 3.8) is 0 Å². The van der Waals surface area contributed by atoms with Crippen molar-refractivity contribution < 1.29 is 0 Å². The van der Waals surface area contributed by atoms with Crippen LogP contribution in [-0.4, -0.2) is 0 Å². The fourth-order valence-corrected chi connectivity index (χ4v) is 1.87. The molecule has 72 valence electrons. The lowest BCUT2D eigenvalue weighted by Crippen LogP contribution is -2.01. The lowest BCUT2D eigenvalue weighted by molar-refractivity contribution is 1.01. The maximum Gasteiger partial charge on any atom is 0.0349 e. The molecular weight excluding hydrogens is 158 g/mol. The van der Waals surface area contributed by atoms with Crippen molar-refractivity contribution in [2.24, 2.45) is 0 Å². The third-order valence-corrected chi connectivity index (χ3v) is 2.90. The van der Waals surface area contributed by atoms with Crippen LogP contribution in [0, 0.1) is 13.8 Å². The molecule has 13 heavy (non-hydrogen) atoms. The average molecular weight is 177 g/mol. The van der Waals surface area contributed by atoms with E-state index in [0.717, 1.165) is 18.5 Å². The number of nitrogens with two attached hydrogens (primary N) is 1. The molecule has 0 bridgehead atoms. The van der Waals surface area contributed by atoms with Crippen molar-refractivity contribution in [2.75, 3.05) is 5.73 Å². The summed E-state index contributed by atoms with van der Waals surface area (Å²) in [6, 6.07) is 2.13. The predicted molar refractivity (Wildman–Crippen MR) is 59.1 cm³/mol. The highest BCUT2D eigenvalue weighted by molar-refractivity contribution is 5.56. The maximum absolute atomic E-state index is 5.92. The van der Waals surface area contributed by atoms with Gasteiger partial charge in [0, 0.05) is 5.69 Å². The van der Waals surface area contributed by atoms with Gasteiger partial charge in [-0.1, -0.05) is 13.8 Å². The Bertz CT molecular complexity index is 313. The van der Waals surface area contributed by atoms with E-state index in [2.05, 4.69) is 33.8 Å². The molecule has 0 radical (unpaired) electrons. The summed E-state index contributed by atoms with van der Waals surface area (Å²) in [5.41, 5.74) is 12.4. The van der Waals surface area contributed by atoms with Crippen LogP contribution in [-0.2, 0) is 12.8 Å². The highest BCUT2D eigenvalue weighted by atomic mass is 14.6. The summed E-state index contributed by atoms with van der Waals surface area (Å²) in [4.78, 5) is 0. The molecule has 0 fully saturated rings. The number of hydrogen-bond acceptors (Lipinski definition) is 1. The largest absolute Gasteiger partial charge is 0.398 e. The van der Waals surface area contributed by atoms with Gasteiger partial charge in [0.1, 0.15) is 0 Å². The molecular formula is C12H19N. The normalized spacial score (nSPS) is 10.5. The molecule has 1 aromatic carbocycles. The molecule has 0 atom stereocenters. The number of hydrogen-bond donors (Lipinski definition) is 1. The standard InChI is InChI=1S/C12H19N/c1-5-10-7-12(13)9(4)8(3)11(10)6-2/h7H,5-6,13H2,1-4H3. The van der Waals surface area contributed by atoms with Gasteiger partial charge < -0.3 is 5.73 Å². The molecule has 0 saturated heterocycles. The number of nitrogen functional groups attached to an aromatic ring is 1. The first-order valence-corrected chi connectivity index (χ1v) is 4.99. The second-order valence-corrected chi connectivity index (χ2v) is 3.56. The maximum atomic E-state index is 5.92. The minimum absolute atomic E-state index is 0.937. The van der Waals surface area contributed by atoms with Crippen LogP contribution in [0.15, 0.2) is 6.07 Å². The molecule has 2 N–H and O–H groups in total. The van der Waals surface area contributed by atoms with Gasteiger partial charge in [0.05, 0.1) is 0 Å². The van der Waals surface area contributed by atoms with Crippen LogP contribution >= 0.6 is 0 Å². The highest BCUT2D eigenvalue weighted by Crippen LogP contribution is 2.24. The Labute approximate surface area is 81.0 Å². The smallest absolute Gasteiger partial charge is 0.0349 e. The van der Waals surface area contributed by atoms with E-state index in [1.54, 1.807) is 0 Å². The van der Waals surface area contributed by atoms with Crippen LogP contribution in [0.5, 0.6) is 0 Å². The zero-order valence-corrected chi connectivity index (χ0v) is 9.07. The molecule has 0 saturated carbocycles. The quantitative estimate of drug-likeness (QED) is 0.690. The van der Waals surface area contributed by atoms with Gasteiger partial charge in [-0.05, 0) is 55.0 Å².